The minimum absolute atomic E-state index is 0.00155. The van der Waals surface area contributed by atoms with E-state index in [4.69, 9.17) is 11.6 Å². The second-order valence-corrected chi connectivity index (χ2v) is 6.01. The van der Waals surface area contributed by atoms with Crippen LogP contribution in [0.1, 0.15) is 30.0 Å². The predicted molar refractivity (Wildman–Crippen MR) is 90.2 cm³/mol. The maximum Gasteiger partial charge on any atom is 0.239 e. The first-order valence-electron chi connectivity index (χ1n) is 7.59. The van der Waals surface area contributed by atoms with Gasteiger partial charge in [0.05, 0.1) is 12.6 Å². The number of nitrogens with one attached hydrogen (secondary N) is 2. The SMILES string of the molecule is O=C(CNc1cccc(Cl)c1)NC1CCCc2ccccc21. The summed E-state index contributed by atoms with van der Waals surface area (Å²) in [4.78, 5) is 12.2. The van der Waals surface area contributed by atoms with Gasteiger partial charge < -0.3 is 10.6 Å². The Hall–Kier alpha value is -2.00. The second-order valence-electron chi connectivity index (χ2n) is 5.58. The van der Waals surface area contributed by atoms with Crippen molar-refractivity contribution >= 4 is 23.2 Å². The fraction of sp³-hybridized carbons (Fsp3) is 0.278. The summed E-state index contributed by atoms with van der Waals surface area (Å²) < 4.78 is 0. The summed E-state index contributed by atoms with van der Waals surface area (Å²) in [5.74, 6) is 0.00155. The number of carbonyl (C=O) groups is 1. The van der Waals surface area contributed by atoms with Gasteiger partial charge in [-0.25, -0.2) is 0 Å². The maximum absolute atomic E-state index is 12.2. The minimum atomic E-state index is 0.00155. The Labute approximate surface area is 135 Å². The number of rotatable bonds is 4. The van der Waals surface area contributed by atoms with E-state index < -0.39 is 0 Å². The molecule has 1 aliphatic rings. The van der Waals surface area contributed by atoms with E-state index >= 15 is 0 Å². The smallest absolute Gasteiger partial charge is 0.239 e. The van der Waals surface area contributed by atoms with E-state index in [0.29, 0.717) is 5.02 Å². The fourth-order valence-electron chi connectivity index (χ4n) is 2.93. The average molecular weight is 315 g/mol. The van der Waals surface area contributed by atoms with Gasteiger partial charge in [-0.05, 0) is 48.6 Å². The Morgan fingerprint density at radius 2 is 2.05 bits per heavy atom. The van der Waals surface area contributed by atoms with Gasteiger partial charge in [0.15, 0.2) is 0 Å². The van der Waals surface area contributed by atoms with Crippen molar-refractivity contribution in [1.82, 2.24) is 5.32 Å². The standard InChI is InChI=1S/C18H19ClN2O/c19-14-7-4-8-15(11-14)20-12-18(22)21-17-10-3-6-13-5-1-2-9-16(13)17/h1-2,4-5,7-9,11,17,20H,3,6,10,12H2,(H,21,22). The van der Waals surface area contributed by atoms with Crippen LogP contribution in [-0.4, -0.2) is 12.5 Å². The van der Waals surface area contributed by atoms with Gasteiger partial charge in [-0.15, -0.1) is 0 Å². The Balaban J connectivity index is 1.59. The lowest BCUT2D eigenvalue weighted by molar-refractivity contribution is -0.120. The molecule has 0 radical (unpaired) electrons. The summed E-state index contributed by atoms with van der Waals surface area (Å²) in [6, 6.07) is 15.9. The first kappa shape index (κ1) is 14.9. The summed E-state index contributed by atoms with van der Waals surface area (Å²) in [5.41, 5.74) is 3.46. The van der Waals surface area contributed by atoms with Crippen LogP contribution in [0, 0.1) is 0 Å². The van der Waals surface area contributed by atoms with Gasteiger partial charge in [-0.2, -0.15) is 0 Å². The van der Waals surface area contributed by atoms with E-state index in [1.165, 1.54) is 11.1 Å². The molecule has 1 unspecified atom stereocenters. The van der Waals surface area contributed by atoms with Crippen LogP contribution in [-0.2, 0) is 11.2 Å². The molecule has 0 bridgehead atoms. The molecule has 2 aromatic carbocycles. The third-order valence-corrected chi connectivity index (χ3v) is 4.22. The Bertz CT molecular complexity index is 672. The van der Waals surface area contributed by atoms with Gasteiger partial charge in [-0.1, -0.05) is 41.9 Å². The summed E-state index contributed by atoms with van der Waals surface area (Å²) in [7, 11) is 0. The summed E-state index contributed by atoms with van der Waals surface area (Å²) in [6.07, 6.45) is 3.22. The van der Waals surface area contributed by atoms with E-state index in [-0.39, 0.29) is 18.5 Å². The monoisotopic (exact) mass is 314 g/mol. The van der Waals surface area contributed by atoms with Gasteiger partial charge in [0, 0.05) is 10.7 Å². The fourth-order valence-corrected chi connectivity index (χ4v) is 3.12. The van der Waals surface area contributed by atoms with E-state index in [1.54, 1.807) is 0 Å². The van der Waals surface area contributed by atoms with Crippen LogP contribution in [0.3, 0.4) is 0 Å². The highest BCUT2D eigenvalue weighted by Crippen LogP contribution is 2.29. The number of halogens is 1. The average Bonchev–Trinajstić information content (AvgIpc) is 2.53. The van der Waals surface area contributed by atoms with Crippen LogP contribution < -0.4 is 10.6 Å². The molecule has 0 saturated carbocycles. The van der Waals surface area contributed by atoms with Gasteiger partial charge in [0.1, 0.15) is 0 Å². The molecule has 1 aliphatic carbocycles. The lowest BCUT2D eigenvalue weighted by atomic mass is 9.88. The maximum atomic E-state index is 12.2. The number of hydrogen-bond donors (Lipinski definition) is 2. The van der Waals surface area contributed by atoms with E-state index in [0.717, 1.165) is 24.9 Å². The zero-order chi connectivity index (χ0) is 15.4. The summed E-state index contributed by atoms with van der Waals surface area (Å²) in [5, 5.41) is 6.89. The molecule has 1 atom stereocenters. The molecule has 0 saturated heterocycles. The molecule has 0 spiro atoms. The van der Waals surface area contributed by atoms with Crippen LogP contribution in [0.15, 0.2) is 48.5 Å². The van der Waals surface area contributed by atoms with Crippen molar-refractivity contribution in [2.24, 2.45) is 0 Å². The molecule has 22 heavy (non-hydrogen) atoms. The largest absolute Gasteiger partial charge is 0.376 e. The number of benzene rings is 2. The van der Waals surface area contributed by atoms with Gasteiger partial charge in [-0.3, -0.25) is 4.79 Å². The highest BCUT2D eigenvalue weighted by atomic mass is 35.5. The Morgan fingerprint density at radius 3 is 2.91 bits per heavy atom. The van der Waals surface area contributed by atoms with Crippen molar-refractivity contribution in [1.29, 1.82) is 0 Å². The summed E-state index contributed by atoms with van der Waals surface area (Å²) >= 11 is 5.93. The number of fused-ring (bicyclic) bond motifs is 1. The van der Waals surface area contributed by atoms with Crippen molar-refractivity contribution in [3.8, 4) is 0 Å². The molecular formula is C18H19ClN2O. The third-order valence-electron chi connectivity index (χ3n) is 3.98. The molecule has 2 aromatic rings. The molecule has 114 valence electrons. The van der Waals surface area contributed by atoms with Crippen molar-refractivity contribution in [3.05, 3.63) is 64.7 Å². The predicted octanol–water partition coefficient (Wildman–Crippen LogP) is 3.95. The molecule has 0 heterocycles. The summed E-state index contributed by atoms with van der Waals surface area (Å²) in [6.45, 7) is 0.249. The van der Waals surface area contributed by atoms with E-state index in [1.807, 2.05) is 30.3 Å². The zero-order valence-electron chi connectivity index (χ0n) is 12.3. The Kier molecular flexibility index (Phi) is 4.64. The van der Waals surface area contributed by atoms with E-state index in [9.17, 15) is 4.79 Å². The highest BCUT2D eigenvalue weighted by molar-refractivity contribution is 6.30. The van der Waals surface area contributed by atoms with Crippen molar-refractivity contribution < 1.29 is 4.79 Å². The molecule has 0 fully saturated rings. The van der Waals surface area contributed by atoms with Gasteiger partial charge >= 0.3 is 0 Å². The molecular weight excluding hydrogens is 296 g/mol. The molecule has 1 amide bonds. The molecule has 2 N–H and O–H groups in total. The quantitative estimate of drug-likeness (QED) is 0.897. The zero-order valence-corrected chi connectivity index (χ0v) is 13.1. The molecule has 3 rings (SSSR count). The number of aryl methyl sites for hydroxylation is 1. The highest BCUT2D eigenvalue weighted by Gasteiger charge is 2.20. The first-order valence-corrected chi connectivity index (χ1v) is 7.97. The van der Waals surface area contributed by atoms with Crippen molar-refractivity contribution in [3.63, 3.8) is 0 Å². The second kappa shape index (κ2) is 6.84. The van der Waals surface area contributed by atoms with Crippen molar-refractivity contribution in [2.45, 2.75) is 25.3 Å². The van der Waals surface area contributed by atoms with Gasteiger partial charge in [0.2, 0.25) is 5.91 Å². The number of anilines is 1. The number of hydrogen-bond acceptors (Lipinski definition) is 2. The topological polar surface area (TPSA) is 41.1 Å². The first-order chi connectivity index (χ1) is 10.7. The Morgan fingerprint density at radius 1 is 1.18 bits per heavy atom. The van der Waals surface area contributed by atoms with Crippen molar-refractivity contribution in [2.75, 3.05) is 11.9 Å². The lowest BCUT2D eigenvalue weighted by Crippen LogP contribution is -2.35. The van der Waals surface area contributed by atoms with Gasteiger partial charge in [0.25, 0.3) is 0 Å². The lowest BCUT2D eigenvalue weighted by Gasteiger charge is -2.26. The molecule has 4 heteroatoms. The molecule has 0 aromatic heterocycles. The minimum Gasteiger partial charge on any atom is -0.376 e. The number of amides is 1. The normalized spacial score (nSPS) is 16.7. The van der Waals surface area contributed by atoms with Crippen LogP contribution in [0.5, 0.6) is 0 Å². The molecule has 3 nitrogen and oxygen atoms in total. The van der Waals surface area contributed by atoms with Crippen LogP contribution in [0.25, 0.3) is 0 Å². The molecule has 0 aliphatic heterocycles. The van der Waals surface area contributed by atoms with E-state index in [2.05, 4.69) is 28.8 Å². The van der Waals surface area contributed by atoms with Crippen LogP contribution >= 0.6 is 11.6 Å². The third kappa shape index (κ3) is 3.60. The van der Waals surface area contributed by atoms with Crippen LogP contribution in [0.2, 0.25) is 5.02 Å². The van der Waals surface area contributed by atoms with Crippen LogP contribution in [0.4, 0.5) is 5.69 Å². The number of carbonyl (C=O) groups excluding carboxylic acids is 1.